The molecule has 0 atom stereocenters. The lowest BCUT2D eigenvalue weighted by atomic mass is 9.90. The number of likely N-dealkylation sites (tertiary alicyclic amines) is 1. The number of benzene rings is 2. The monoisotopic (exact) mass is 321 g/mol. The fraction of sp³-hybridized carbons (Fsp3) is 0.364. The number of hydrogen-bond donors (Lipinski definition) is 1. The van der Waals surface area contributed by atoms with Gasteiger partial charge in [-0.25, -0.2) is 0 Å². The van der Waals surface area contributed by atoms with Crippen molar-refractivity contribution in [1.82, 2.24) is 4.90 Å². The van der Waals surface area contributed by atoms with Crippen molar-refractivity contribution in [2.75, 3.05) is 19.6 Å². The van der Waals surface area contributed by atoms with Gasteiger partial charge in [0.25, 0.3) is 0 Å². The number of aromatic hydroxyl groups is 1. The molecule has 2 aromatic carbocycles. The van der Waals surface area contributed by atoms with Crippen molar-refractivity contribution < 1.29 is 5.11 Å². The first-order valence-corrected chi connectivity index (χ1v) is 8.91. The lowest BCUT2D eigenvalue weighted by Gasteiger charge is -2.32. The van der Waals surface area contributed by atoms with E-state index >= 15 is 0 Å². The van der Waals surface area contributed by atoms with Crippen LogP contribution in [0.15, 0.2) is 60.2 Å². The Morgan fingerprint density at radius 3 is 2.38 bits per heavy atom. The topological polar surface area (TPSA) is 23.5 Å². The highest BCUT2D eigenvalue weighted by molar-refractivity contribution is 5.53. The lowest BCUT2D eigenvalue weighted by Crippen LogP contribution is -2.35. The molecule has 0 amide bonds. The van der Waals surface area contributed by atoms with Gasteiger partial charge < -0.3 is 5.11 Å². The Morgan fingerprint density at radius 1 is 1.04 bits per heavy atom. The molecule has 2 aromatic rings. The van der Waals surface area contributed by atoms with E-state index in [-0.39, 0.29) is 0 Å². The fourth-order valence-corrected chi connectivity index (χ4v) is 3.55. The van der Waals surface area contributed by atoms with E-state index < -0.39 is 0 Å². The first-order chi connectivity index (χ1) is 11.7. The van der Waals surface area contributed by atoms with Crippen LogP contribution in [-0.4, -0.2) is 29.6 Å². The minimum absolute atomic E-state index is 0.324. The second-order valence-electron chi connectivity index (χ2n) is 6.99. The van der Waals surface area contributed by atoms with E-state index in [9.17, 15) is 5.11 Å². The van der Waals surface area contributed by atoms with E-state index in [1.54, 1.807) is 12.1 Å². The molecule has 1 heterocycles. The summed E-state index contributed by atoms with van der Waals surface area (Å²) >= 11 is 0. The summed E-state index contributed by atoms with van der Waals surface area (Å²) in [6, 6.07) is 18.3. The van der Waals surface area contributed by atoms with Gasteiger partial charge >= 0.3 is 0 Å². The van der Waals surface area contributed by atoms with E-state index in [0.717, 1.165) is 18.0 Å². The van der Waals surface area contributed by atoms with Crippen molar-refractivity contribution in [2.24, 2.45) is 5.92 Å². The summed E-state index contributed by atoms with van der Waals surface area (Å²) in [4.78, 5) is 2.56. The predicted molar refractivity (Wildman–Crippen MR) is 101 cm³/mol. The number of phenolic OH excluding ortho intramolecular Hbond substituents is 1. The van der Waals surface area contributed by atoms with Crippen molar-refractivity contribution in [3.8, 4) is 5.75 Å². The fourth-order valence-electron chi connectivity index (χ4n) is 3.55. The van der Waals surface area contributed by atoms with E-state index in [0.29, 0.717) is 5.75 Å². The maximum Gasteiger partial charge on any atom is 0.115 e. The number of rotatable bonds is 5. The molecule has 2 heteroatoms. The van der Waals surface area contributed by atoms with Gasteiger partial charge in [0.05, 0.1) is 0 Å². The summed E-state index contributed by atoms with van der Waals surface area (Å²) in [6.07, 6.45) is 6.02. The molecule has 0 unspecified atom stereocenters. The van der Waals surface area contributed by atoms with Gasteiger partial charge in [0.2, 0.25) is 0 Å². The third-order valence-electron chi connectivity index (χ3n) is 4.85. The zero-order valence-corrected chi connectivity index (χ0v) is 14.5. The maximum absolute atomic E-state index is 9.35. The smallest absolute Gasteiger partial charge is 0.115 e. The van der Waals surface area contributed by atoms with E-state index in [2.05, 4.69) is 48.2 Å². The molecule has 0 bridgehead atoms. The van der Waals surface area contributed by atoms with Gasteiger partial charge in [0.1, 0.15) is 5.75 Å². The summed E-state index contributed by atoms with van der Waals surface area (Å²) in [5.41, 5.74) is 4.01. The second-order valence-corrected chi connectivity index (χ2v) is 6.99. The standard InChI is InChI=1S/C22H27NO/c1-18(15-20-7-9-22(24)10-8-20)17-23-13-11-21(12-14-23)16-19-5-3-2-4-6-19/h2-10,15,21,24H,11-14,16-17H2,1H3/b18-15+. The van der Waals surface area contributed by atoms with Crippen LogP contribution in [0.4, 0.5) is 0 Å². The lowest BCUT2D eigenvalue weighted by molar-refractivity contribution is 0.197. The van der Waals surface area contributed by atoms with E-state index in [1.165, 1.54) is 43.5 Å². The van der Waals surface area contributed by atoms with Crippen LogP contribution in [0.25, 0.3) is 6.08 Å². The normalized spacial score (nSPS) is 17.1. The number of nitrogens with zero attached hydrogens (tertiary/aromatic N) is 1. The molecule has 1 saturated heterocycles. The van der Waals surface area contributed by atoms with Gasteiger partial charge in [0, 0.05) is 6.54 Å². The molecule has 24 heavy (non-hydrogen) atoms. The zero-order valence-electron chi connectivity index (χ0n) is 14.5. The van der Waals surface area contributed by atoms with Gasteiger partial charge in [-0.05, 0) is 68.5 Å². The number of hydrogen-bond acceptors (Lipinski definition) is 2. The van der Waals surface area contributed by atoms with Gasteiger partial charge in [-0.3, -0.25) is 4.90 Å². The average molecular weight is 321 g/mol. The molecular formula is C22H27NO. The van der Waals surface area contributed by atoms with Crippen molar-refractivity contribution in [2.45, 2.75) is 26.2 Å². The predicted octanol–water partition coefficient (Wildman–Crippen LogP) is 4.75. The van der Waals surface area contributed by atoms with Crippen molar-refractivity contribution in [3.63, 3.8) is 0 Å². The summed E-state index contributed by atoms with van der Waals surface area (Å²) < 4.78 is 0. The summed E-state index contributed by atoms with van der Waals surface area (Å²) in [6.45, 7) is 5.62. The summed E-state index contributed by atoms with van der Waals surface area (Å²) in [5, 5.41) is 9.35. The second kappa shape index (κ2) is 8.16. The number of phenols is 1. The van der Waals surface area contributed by atoms with Crippen molar-refractivity contribution in [1.29, 1.82) is 0 Å². The first-order valence-electron chi connectivity index (χ1n) is 8.91. The Hall–Kier alpha value is -2.06. The van der Waals surface area contributed by atoms with E-state index in [1.807, 2.05) is 12.1 Å². The largest absolute Gasteiger partial charge is 0.508 e. The van der Waals surface area contributed by atoms with Gasteiger partial charge in [-0.2, -0.15) is 0 Å². The quantitative estimate of drug-likeness (QED) is 0.859. The highest BCUT2D eigenvalue weighted by Crippen LogP contribution is 2.22. The number of piperidine rings is 1. The molecule has 0 saturated carbocycles. The molecule has 0 aromatic heterocycles. The van der Waals surface area contributed by atoms with Crippen LogP contribution in [0, 0.1) is 5.92 Å². The highest BCUT2D eigenvalue weighted by Gasteiger charge is 2.19. The molecule has 126 valence electrons. The molecule has 0 radical (unpaired) electrons. The van der Waals surface area contributed by atoms with Crippen LogP contribution in [0.1, 0.15) is 30.9 Å². The van der Waals surface area contributed by atoms with Crippen LogP contribution in [0.2, 0.25) is 0 Å². The Morgan fingerprint density at radius 2 is 1.71 bits per heavy atom. The SMILES string of the molecule is C/C(=C\c1ccc(O)cc1)CN1CCC(Cc2ccccc2)CC1. The Balaban J connectivity index is 1.47. The van der Waals surface area contributed by atoms with Gasteiger partial charge in [-0.15, -0.1) is 0 Å². The molecule has 1 aliphatic heterocycles. The molecule has 0 spiro atoms. The molecule has 1 fully saturated rings. The first kappa shape index (κ1) is 16.8. The van der Waals surface area contributed by atoms with Crippen LogP contribution in [0.5, 0.6) is 5.75 Å². The summed E-state index contributed by atoms with van der Waals surface area (Å²) in [5.74, 6) is 1.15. The minimum atomic E-state index is 0.324. The van der Waals surface area contributed by atoms with Crippen molar-refractivity contribution in [3.05, 3.63) is 71.3 Å². The highest BCUT2D eigenvalue weighted by atomic mass is 16.3. The molecule has 2 nitrogen and oxygen atoms in total. The Labute approximate surface area is 145 Å². The zero-order chi connectivity index (χ0) is 16.8. The molecule has 1 aliphatic rings. The Kier molecular flexibility index (Phi) is 5.71. The van der Waals surface area contributed by atoms with E-state index in [4.69, 9.17) is 0 Å². The van der Waals surface area contributed by atoms with Crippen molar-refractivity contribution >= 4 is 6.08 Å². The molecular weight excluding hydrogens is 294 g/mol. The average Bonchev–Trinajstić information content (AvgIpc) is 2.60. The molecule has 1 N–H and O–H groups in total. The van der Waals surface area contributed by atoms with Crippen LogP contribution in [0.3, 0.4) is 0 Å². The van der Waals surface area contributed by atoms with Crippen LogP contribution >= 0.6 is 0 Å². The van der Waals surface area contributed by atoms with Gasteiger partial charge in [-0.1, -0.05) is 54.1 Å². The Bertz CT molecular complexity index is 652. The minimum Gasteiger partial charge on any atom is -0.508 e. The van der Waals surface area contributed by atoms with Gasteiger partial charge in [0.15, 0.2) is 0 Å². The summed E-state index contributed by atoms with van der Waals surface area (Å²) in [7, 11) is 0. The third kappa shape index (κ3) is 4.97. The van der Waals surface area contributed by atoms with Crippen LogP contribution < -0.4 is 0 Å². The van der Waals surface area contributed by atoms with Crippen LogP contribution in [-0.2, 0) is 6.42 Å². The third-order valence-corrected chi connectivity index (χ3v) is 4.85. The maximum atomic E-state index is 9.35. The molecule has 0 aliphatic carbocycles. The molecule has 3 rings (SSSR count).